The summed E-state index contributed by atoms with van der Waals surface area (Å²) < 4.78 is 0. The molecular weight excluding hydrogens is 202 g/mol. The summed E-state index contributed by atoms with van der Waals surface area (Å²) in [5, 5.41) is 19.5. The Morgan fingerprint density at radius 3 is 1.73 bits per heavy atom. The Morgan fingerprint density at radius 1 is 1.00 bits per heavy atom. The van der Waals surface area contributed by atoms with E-state index >= 15 is 0 Å². The SMILES string of the molecule is CC(C(=O)O)C(=O)NC(C(=O)O)C(C)C. The number of carbonyl (C=O) groups excluding carboxylic acids is 1. The molecular formula is C9H15NO5. The Morgan fingerprint density at radius 2 is 1.47 bits per heavy atom. The summed E-state index contributed by atoms with van der Waals surface area (Å²) in [5.74, 6) is -4.78. The standard InChI is InChI=1S/C9H15NO5/c1-4(2)6(9(14)15)10-7(11)5(3)8(12)13/h4-6H,1-3H3,(H,10,11)(H,12,13)(H,14,15). The van der Waals surface area contributed by atoms with Crippen molar-refractivity contribution in [3.63, 3.8) is 0 Å². The molecule has 0 radical (unpaired) electrons. The summed E-state index contributed by atoms with van der Waals surface area (Å²) in [6.45, 7) is 4.46. The van der Waals surface area contributed by atoms with Crippen LogP contribution in [-0.4, -0.2) is 34.1 Å². The third kappa shape index (κ3) is 3.97. The molecule has 0 saturated carbocycles. The number of nitrogens with one attached hydrogen (secondary N) is 1. The van der Waals surface area contributed by atoms with Crippen LogP contribution in [0.1, 0.15) is 20.8 Å². The van der Waals surface area contributed by atoms with Crippen LogP contribution in [0, 0.1) is 11.8 Å². The molecule has 0 spiro atoms. The number of amides is 1. The number of carboxylic acid groups (broad SMARTS) is 2. The molecule has 0 saturated heterocycles. The monoisotopic (exact) mass is 217 g/mol. The lowest BCUT2D eigenvalue weighted by Gasteiger charge is -2.19. The second kappa shape index (κ2) is 5.33. The first kappa shape index (κ1) is 13.4. The Balaban J connectivity index is 4.49. The lowest BCUT2D eigenvalue weighted by atomic mass is 10.0. The normalized spacial score (nSPS) is 14.4. The maximum Gasteiger partial charge on any atom is 0.326 e. The van der Waals surface area contributed by atoms with Crippen LogP contribution >= 0.6 is 0 Å². The van der Waals surface area contributed by atoms with Crippen molar-refractivity contribution in [3.8, 4) is 0 Å². The summed E-state index contributed by atoms with van der Waals surface area (Å²) in [5.41, 5.74) is 0. The van der Waals surface area contributed by atoms with E-state index in [0.717, 1.165) is 0 Å². The van der Waals surface area contributed by atoms with E-state index in [4.69, 9.17) is 10.2 Å². The van der Waals surface area contributed by atoms with E-state index in [1.807, 2.05) is 0 Å². The average molecular weight is 217 g/mol. The first-order chi connectivity index (χ1) is 6.77. The van der Waals surface area contributed by atoms with E-state index in [0.29, 0.717) is 0 Å². The topological polar surface area (TPSA) is 104 Å². The van der Waals surface area contributed by atoms with Gasteiger partial charge in [-0.25, -0.2) is 4.79 Å². The Hall–Kier alpha value is -1.59. The molecule has 0 aromatic heterocycles. The fourth-order valence-corrected chi connectivity index (χ4v) is 0.904. The molecule has 0 aromatic carbocycles. The highest BCUT2D eigenvalue weighted by atomic mass is 16.4. The number of carboxylic acids is 2. The van der Waals surface area contributed by atoms with Crippen LogP contribution in [0.2, 0.25) is 0 Å². The maximum atomic E-state index is 11.2. The number of carbonyl (C=O) groups is 3. The molecule has 6 nitrogen and oxygen atoms in total. The second-order valence-electron chi connectivity index (χ2n) is 3.63. The van der Waals surface area contributed by atoms with Crippen LogP contribution < -0.4 is 5.32 Å². The van der Waals surface area contributed by atoms with Gasteiger partial charge in [-0.3, -0.25) is 9.59 Å². The van der Waals surface area contributed by atoms with Gasteiger partial charge in [-0.15, -0.1) is 0 Å². The zero-order valence-electron chi connectivity index (χ0n) is 8.85. The van der Waals surface area contributed by atoms with Gasteiger partial charge in [-0.2, -0.15) is 0 Å². The van der Waals surface area contributed by atoms with Crippen LogP contribution in [-0.2, 0) is 14.4 Å². The Labute approximate surface area is 87.3 Å². The zero-order valence-corrected chi connectivity index (χ0v) is 8.85. The lowest BCUT2D eigenvalue weighted by molar-refractivity contribution is -0.149. The van der Waals surface area contributed by atoms with Crippen molar-refractivity contribution in [1.82, 2.24) is 5.32 Å². The highest BCUT2D eigenvalue weighted by Gasteiger charge is 2.28. The maximum absolute atomic E-state index is 11.2. The molecule has 6 heteroatoms. The molecule has 0 bridgehead atoms. The van der Waals surface area contributed by atoms with Crippen LogP contribution in [0.5, 0.6) is 0 Å². The molecule has 0 heterocycles. The van der Waals surface area contributed by atoms with Crippen molar-refractivity contribution in [2.45, 2.75) is 26.8 Å². The quantitative estimate of drug-likeness (QED) is 0.559. The van der Waals surface area contributed by atoms with Crippen LogP contribution in [0.3, 0.4) is 0 Å². The summed E-state index contributed by atoms with van der Waals surface area (Å²) in [7, 11) is 0. The lowest BCUT2D eigenvalue weighted by Crippen LogP contribution is -2.47. The van der Waals surface area contributed by atoms with E-state index < -0.39 is 29.8 Å². The average Bonchev–Trinajstić information content (AvgIpc) is 2.11. The van der Waals surface area contributed by atoms with E-state index in [9.17, 15) is 14.4 Å². The van der Waals surface area contributed by atoms with Gasteiger partial charge < -0.3 is 15.5 Å². The van der Waals surface area contributed by atoms with Gasteiger partial charge in [0, 0.05) is 0 Å². The summed E-state index contributed by atoms with van der Waals surface area (Å²) >= 11 is 0. The van der Waals surface area contributed by atoms with E-state index in [-0.39, 0.29) is 5.92 Å². The Bertz CT molecular complexity index is 274. The van der Waals surface area contributed by atoms with Crippen molar-refractivity contribution in [1.29, 1.82) is 0 Å². The van der Waals surface area contributed by atoms with E-state index in [2.05, 4.69) is 5.32 Å². The number of rotatable bonds is 5. The molecule has 86 valence electrons. The molecule has 15 heavy (non-hydrogen) atoms. The van der Waals surface area contributed by atoms with Gasteiger partial charge in [0.05, 0.1) is 0 Å². The van der Waals surface area contributed by atoms with Gasteiger partial charge in [0.25, 0.3) is 0 Å². The zero-order chi connectivity index (χ0) is 12.2. The van der Waals surface area contributed by atoms with Crippen molar-refractivity contribution in [2.75, 3.05) is 0 Å². The predicted octanol–water partition coefficient (Wildman–Crippen LogP) is -0.0675. The molecule has 0 aliphatic heterocycles. The third-order valence-corrected chi connectivity index (χ3v) is 1.99. The molecule has 3 N–H and O–H groups in total. The number of hydrogen-bond donors (Lipinski definition) is 3. The highest BCUT2D eigenvalue weighted by Crippen LogP contribution is 2.04. The van der Waals surface area contributed by atoms with Crippen LogP contribution in [0.25, 0.3) is 0 Å². The second-order valence-corrected chi connectivity index (χ2v) is 3.63. The smallest absolute Gasteiger partial charge is 0.326 e. The molecule has 0 aromatic rings. The van der Waals surface area contributed by atoms with Crippen molar-refractivity contribution >= 4 is 17.8 Å². The van der Waals surface area contributed by atoms with Crippen LogP contribution in [0.15, 0.2) is 0 Å². The molecule has 0 aliphatic carbocycles. The minimum atomic E-state index is -1.28. The van der Waals surface area contributed by atoms with E-state index in [1.165, 1.54) is 6.92 Å². The minimum absolute atomic E-state index is 0.299. The van der Waals surface area contributed by atoms with Crippen molar-refractivity contribution in [2.24, 2.45) is 11.8 Å². The van der Waals surface area contributed by atoms with Crippen LogP contribution in [0.4, 0.5) is 0 Å². The fraction of sp³-hybridized carbons (Fsp3) is 0.667. The fourth-order valence-electron chi connectivity index (χ4n) is 0.904. The first-order valence-electron chi connectivity index (χ1n) is 4.53. The molecule has 2 unspecified atom stereocenters. The summed E-state index contributed by atoms with van der Waals surface area (Å²) in [6, 6.07) is -1.06. The van der Waals surface area contributed by atoms with Gasteiger partial charge in [-0.1, -0.05) is 13.8 Å². The van der Waals surface area contributed by atoms with Gasteiger partial charge in [0.2, 0.25) is 5.91 Å². The van der Waals surface area contributed by atoms with Gasteiger partial charge in [-0.05, 0) is 12.8 Å². The largest absolute Gasteiger partial charge is 0.481 e. The first-order valence-corrected chi connectivity index (χ1v) is 4.53. The summed E-state index contributed by atoms with van der Waals surface area (Å²) in [4.78, 5) is 32.4. The minimum Gasteiger partial charge on any atom is -0.481 e. The molecule has 2 atom stereocenters. The Kier molecular flexibility index (Phi) is 4.77. The van der Waals surface area contributed by atoms with Gasteiger partial charge in [0.15, 0.2) is 0 Å². The van der Waals surface area contributed by atoms with Gasteiger partial charge in [0.1, 0.15) is 12.0 Å². The molecule has 0 aliphatic rings. The summed E-state index contributed by atoms with van der Waals surface area (Å²) in [6.07, 6.45) is 0. The van der Waals surface area contributed by atoms with Crippen molar-refractivity contribution in [3.05, 3.63) is 0 Å². The highest BCUT2D eigenvalue weighted by molar-refractivity contribution is 5.98. The number of aliphatic carboxylic acids is 2. The number of hydrogen-bond acceptors (Lipinski definition) is 3. The third-order valence-electron chi connectivity index (χ3n) is 1.99. The van der Waals surface area contributed by atoms with Crippen molar-refractivity contribution < 1.29 is 24.6 Å². The predicted molar refractivity (Wildman–Crippen MR) is 51.2 cm³/mol. The van der Waals surface area contributed by atoms with E-state index in [1.54, 1.807) is 13.8 Å². The molecule has 0 rings (SSSR count). The molecule has 1 amide bonds. The molecule has 0 fully saturated rings. The van der Waals surface area contributed by atoms with Gasteiger partial charge >= 0.3 is 11.9 Å².